The number of carbonyl (C=O) groups is 1. The summed E-state index contributed by atoms with van der Waals surface area (Å²) in [6.07, 6.45) is 1.59. The second-order valence-corrected chi connectivity index (χ2v) is 6.38. The molecule has 7 heteroatoms. The Bertz CT molecular complexity index is 773. The number of carbonyl (C=O) groups excluding carboxylic acids is 1. The molecule has 0 radical (unpaired) electrons. The fourth-order valence-electron chi connectivity index (χ4n) is 1.85. The van der Waals surface area contributed by atoms with Gasteiger partial charge in [0.15, 0.2) is 0 Å². The Kier molecular flexibility index (Phi) is 4.89. The predicted molar refractivity (Wildman–Crippen MR) is 80.8 cm³/mol. The number of nitrogens with one attached hydrogen (secondary N) is 1. The molecule has 0 fully saturated rings. The normalized spacial score (nSPS) is 11.2. The third-order valence-corrected chi connectivity index (χ3v) is 4.49. The van der Waals surface area contributed by atoms with E-state index in [2.05, 4.69) is 14.4 Å². The molecule has 0 aliphatic rings. The molecule has 1 N–H and O–H groups in total. The number of hydrogen-bond acceptors (Lipinski definition) is 5. The van der Waals surface area contributed by atoms with Gasteiger partial charge in [0.05, 0.1) is 29.8 Å². The Morgan fingerprint density at radius 3 is 2.68 bits per heavy atom. The number of benzene rings is 1. The summed E-state index contributed by atoms with van der Waals surface area (Å²) in [7, 11) is -2.48. The summed E-state index contributed by atoms with van der Waals surface area (Å²) in [4.78, 5) is 15.7. The van der Waals surface area contributed by atoms with Crippen LogP contribution in [-0.2, 0) is 21.3 Å². The molecule has 0 saturated carbocycles. The third kappa shape index (κ3) is 3.69. The van der Waals surface area contributed by atoms with Gasteiger partial charge in [-0.15, -0.1) is 0 Å². The van der Waals surface area contributed by atoms with E-state index in [1.807, 2.05) is 0 Å². The van der Waals surface area contributed by atoms with Crippen LogP contribution >= 0.6 is 0 Å². The largest absolute Gasteiger partial charge is 0.465 e. The van der Waals surface area contributed by atoms with Crippen molar-refractivity contribution >= 4 is 16.0 Å². The molecule has 116 valence electrons. The van der Waals surface area contributed by atoms with E-state index in [1.54, 1.807) is 37.4 Å². The smallest absolute Gasteiger partial charge is 0.338 e. The monoisotopic (exact) mass is 320 g/mol. The van der Waals surface area contributed by atoms with Gasteiger partial charge in [0.1, 0.15) is 0 Å². The zero-order valence-corrected chi connectivity index (χ0v) is 13.1. The number of nitrogens with zero attached hydrogens (tertiary/aromatic N) is 1. The highest BCUT2D eigenvalue weighted by Gasteiger charge is 2.18. The zero-order chi connectivity index (χ0) is 16.2. The highest BCUT2D eigenvalue weighted by molar-refractivity contribution is 7.89. The summed E-state index contributed by atoms with van der Waals surface area (Å²) in [5.74, 6) is -0.570. The van der Waals surface area contributed by atoms with Gasteiger partial charge in [-0.2, -0.15) is 0 Å². The van der Waals surface area contributed by atoms with Crippen LogP contribution in [0.3, 0.4) is 0 Å². The van der Waals surface area contributed by atoms with Gasteiger partial charge >= 0.3 is 5.97 Å². The number of hydrogen-bond donors (Lipinski definition) is 1. The molecule has 1 aromatic carbocycles. The minimum Gasteiger partial charge on any atom is -0.465 e. The quantitative estimate of drug-likeness (QED) is 0.847. The Morgan fingerprint density at radius 2 is 2.05 bits per heavy atom. The summed E-state index contributed by atoms with van der Waals surface area (Å²) in [5, 5.41) is 0. The summed E-state index contributed by atoms with van der Waals surface area (Å²) in [6, 6.07) is 9.57. The first kappa shape index (κ1) is 16.1. The summed E-state index contributed by atoms with van der Waals surface area (Å²) < 4.78 is 31.7. The highest BCUT2D eigenvalue weighted by Crippen LogP contribution is 2.16. The third-order valence-electron chi connectivity index (χ3n) is 3.09. The van der Waals surface area contributed by atoms with E-state index < -0.39 is 16.0 Å². The summed E-state index contributed by atoms with van der Waals surface area (Å²) >= 11 is 0. The molecule has 0 aliphatic heterocycles. The lowest BCUT2D eigenvalue weighted by Crippen LogP contribution is -2.24. The van der Waals surface area contributed by atoms with Crippen molar-refractivity contribution in [2.24, 2.45) is 0 Å². The van der Waals surface area contributed by atoms with Gasteiger partial charge in [-0.05, 0) is 36.8 Å². The SMILES string of the molecule is COC(=O)c1cc(S(=O)(=O)NCc2ccccn2)ccc1C. The van der Waals surface area contributed by atoms with Gasteiger partial charge in [-0.3, -0.25) is 4.98 Å². The molecule has 22 heavy (non-hydrogen) atoms. The van der Waals surface area contributed by atoms with Crippen molar-refractivity contribution in [3.8, 4) is 0 Å². The van der Waals surface area contributed by atoms with Crippen LogP contribution in [0.4, 0.5) is 0 Å². The number of pyridine rings is 1. The first-order valence-corrected chi connectivity index (χ1v) is 8.01. The van der Waals surface area contributed by atoms with Gasteiger partial charge in [-0.25, -0.2) is 17.9 Å². The average molecular weight is 320 g/mol. The molecule has 1 aromatic heterocycles. The number of sulfonamides is 1. The van der Waals surface area contributed by atoms with E-state index in [1.165, 1.54) is 19.2 Å². The van der Waals surface area contributed by atoms with Crippen LogP contribution < -0.4 is 4.72 Å². The molecule has 0 unspecified atom stereocenters. The van der Waals surface area contributed by atoms with Crippen LogP contribution in [0.5, 0.6) is 0 Å². The van der Waals surface area contributed by atoms with Crippen molar-refractivity contribution < 1.29 is 17.9 Å². The first-order valence-electron chi connectivity index (χ1n) is 6.52. The minimum atomic E-state index is -3.74. The van der Waals surface area contributed by atoms with Crippen LogP contribution in [0.2, 0.25) is 0 Å². The van der Waals surface area contributed by atoms with Crippen LogP contribution in [0, 0.1) is 6.92 Å². The molecule has 0 amide bonds. The number of aromatic nitrogens is 1. The number of esters is 1. The van der Waals surface area contributed by atoms with Crippen molar-refractivity contribution in [3.05, 3.63) is 59.4 Å². The van der Waals surface area contributed by atoms with E-state index >= 15 is 0 Å². The van der Waals surface area contributed by atoms with Crippen molar-refractivity contribution in [2.45, 2.75) is 18.4 Å². The van der Waals surface area contributed by atoms with Gasteiger partial charge in [0.25, 0.3) is 0 Å². The molecule has 2 rings (SSSR count). The average Bonchev–Trinajstić information content (AvgIpc) is 2.53. The lowest BCUT2D eigenvalue weighted by Gasteiger charge is -2.09. The maximum Gasteiger partial charge on any atom is 0.338 e. The fourth-order valence-corrected chi connectivity index (χ4v) is 2.88. The molecule has 6 nitrogen and oxygen atoms in total. The fraction of sp³-hybridized carbons (Fsp3) is 0.200. The molecule has 0 atom stereocenters. The van der Waals surface area contributed by atoms with E-state index in [-0.39, 0.29) is 17.0 Å². The van der Waals surface area contributed by atoms with Gasteiger partial charge < -0.3 is 4.74 Å². The maximum atomic E-state index is 12.3. The Balaban J connectivity index is 2.24. The standard InChI is InChI=1S/C15H16N2O4S/c1-11-6-7-13(9-14(11)15(18)21-2)22(19,20)17-10-12-5-3-4-8-16-12/h3-9,17H,10H2,1-2H3. The summed E-state index contributed by atoms with van der Waals surface area (Å²) in [5.41, 5.74) is 1.48. The predicted octanol–water partition coefficient (Wildman–Crippen LogP) is 1.66. The minimum absolute atomic E-state index is 0.00873. The zero-order valence-electron chi connectivity index (χ0n) is 12.2. The van der Waals surface area contributed by atoms with E-state index in [0.717, 1.165) is 0 Å². The Morgan fingerprint density at radius 1 is 1.27 bits per heavy atom. The molecular weight excluding hydrogens is 304 g/mol. The first-order chi connectivity index (χ1) is 10.4. The summed E-state index contributed by atoms with van der Waals surface area (Å²) in [6.45, 7) is 1.79. The van der Waals surface area contributed by atoms with Crippen molar-refractivity contribution in [1.29, 1.82) is 0 Å². The number of ether oxygens (including phenoxy) is 1. The molecule has 1 heterocycles. The number of rotatable bonds is 5. The van der Waals surface area contributed by atoms with Crippen LogP contribution in [0.15, 0.2) is 47.5 Å². The highest BCUT2D eigenvalue weighted by atomic mass is 32.2. The van der Waals surface area contributed by atoms with Crippen molar-refractivity contribution in [1.82, 2.24) is 9.71 Å². The van der Waals surface area contributed by atoms with E-state index in [9.17, 15) is 13.2 Å². The van der Waals surface area contributed by atoms with Gasteiger partial charge in [0, 0.05) is 6.20 Å². The van der Waals surface area contributed by atoms with E-state index in [0.29, 0.717) is 11.3 Å². The molecular formula is C15H16N2O4S. The molecule has 0 spiro atoms. The molecule has 0 aliphatic carbocycles. The topological polar surface area (TPSA) is 85.4 Å². The van der Waals surface area contributed by atoms with Gasteiger partial charge in [0.2, 0.25) is 10.0 Å². The second kappa shape index (κ2) is 6.67. The molecule has 2 aromatic rings. The molecule has 0 bridgehead atoms. The van der Waals surface area contributed by atoms with Crippen molar-refractivity contribution in [2.75, 3.05) is 7.11 Å². The Labute approximate surface area is 129 Å². The van der Waals surface area contributed by atoms with E-state index in [4.69, 9.17) is 0 Å². The van der Waals surface area contributed by atoms with Crippen molar-refractivity contribution in [3.63, 3.8) is 0 Å². The van der Waals surface area contributed by atoms with Gasteiger partial charge in [-0.1, -0.05) is 12.1 Å². The van der Waals surface area contributed by atoms with Crippen LogP contribution in [0.1, 0.15) is 21.6 Å². The number of aryl methyl sites for hydroxylation is 1. The number of methoxy groups -OCH3 is 1. The maximum absolute atomic E-state index is 12.3. The van der Waals surface area contributed by atoms with Crippen LogP contribution in [-0.4, -0.2) is 26.5 Å². The van der Waals surface area contributed by atoms with Crippen LogP contribution in [0.25, 0.3) is 0 Å². The Hall–Kier alpha value is -2.25. The second-order valence-electron chi connectivity index (χ2n) is 4.61. The lowest BCUT2D eigenvalue weighted by atomic mass is 10.1. The molecule has 0 saturated heterocycles. The lowest BCUT2D eigenvalue weighted by molar-refractivity contribution is 0.0599.